The smallest absolute Gasteiger partial charge is 0.465 e. The maximum atomic E-state index is 14.9. The number of carbonyl (C=O) groups excluding carboxylic acids is 1. The third kappa shape index (κ3) is 6.97. The molecule has 14 heteroatoms. The summed E-state index contributed by atoms with van der Waals surface area (Å²) in [6.07, 6.45) is -1.82. The van der Waals surface area contributed by atoms with Gasteiger partial charge in [0.2, 0.25) is 0 Å². The van der Waals surface area contributed by atoms with E-state index in [2.05, 4.69) is 49.0 Å². The Hall–Kier alpha value is -3.24. The molecule has 3 atom stereocenters. The predicted molar refractivity (Wildman–Crippen MR) is 167 cm³/mol. The number of benzene rings is 2. The number of hydrogen-bond donors (Lipinski definition) is 0. The lowest BCUT2D eigenvalue weighted by atomic mass is 10.0. The number of thiazole rings is 1. The second-order valence-electron chi connectivity index (χ2n) is 11.0. The van der Waals surface area contributed by atoms with E-state index in [9.17, 15) is 22.4 Å². The fraction of sp³-hybridized carbons (Fsp3) is 0.387. The van der Waals surface area contributed by atoms with Gasteiger partial charge >= 0.3 is 12.3 Å². The third-order valence-corrected chi connectivity index (χ3v) is 9.78. The van der Waals surface area contributed by atoms with Gasteiger partial charge in [0.05, 0.1) is 35.1 Å². The van der Waals surface area contributed by atoms with Crippen molar-refractivity contribution in [3.8, 4) is 28.3 Å². The number of para-hydroxylation sites is 1. The van der Waals surface area contributed by atoms with Gasteiger partial charge in [0.1, 0.15) is 23.0 Å². The Morgan fingerprint density at radius 2 is 1.93 bits per heavy atom. The SMILES string of the molecule is COC(=O)c1ccc(-c2csc(N3[C@H](C)C[C@H](OCc4c(-c5ccccc5OC(F)(F)F)noc4C4CC4)C[C@@H]3I)n2)c(F)c1. The molecule has 238 valence electrons. The fourth-order valence-electron chi connectivity index (χ4n) is 5.53. The topological polar surface area (TPSA) is 86.9 Å². The Morgan fingerprint density at radius 3 is 2.62 bits per heavy atom. The van der Waals surface area contributed by atoms with Crippen LogP contribution in [0.4, 0.5) is 22.7 Å². The molecule has 4 aromatic rings. The zero-order valence-electron chi connectivity index (χ0n) is 24.1. The lowest BCUT2D eigenvalue weighted by Gasteiger charge is -2.41. The summed E-state index contributed by atoms with van der Waals surface area (Å²) < 4.78 is 75.3. The fourth-order valence-corrected chi connectivity index (χ4v) is 8.08. The van der Waals surface area contributed by atoms with Crippen molar-refractivity contribution in [2.75, 3.05) is 12.0 Å². The van der Waals surface area contributed by atoms with Crippen LogP contribution in [0.25, 0.3) is 22.5 Å². The van der Waals surface area contributed by atoms with E-state index in [0.717, 1.165) is 24.0 Å². The van der Waals surface area contributed by atoms with Crippen LogP contribution in [0.3, 0.4) is 0 Å². The molecule has 3 heterocycles. The molecule has 2 aliphatic rings. The number of piperidine rings is 1. The van der Waals surface area contributed by atoms with Crippen molar-refractivity contribution < 1.29 is 41.1 Å². The van der Waals surface area contributed by atoms with E-state index in [1.807, 2.05) is 0 Å². The summed E-state index contributed by atoms with van der Waals surface area (Å²) in [5, 5.41) is 6.70. The van der Waals surface area contributed by atoms with E-state index >= 15 is 0 Å². The number of ether oxygens (including phenoxy) is 3. The zero-order chi connectivity index (χ0) is 31.9. The Morgan fingerprint density at radius 1 is 1.16 bits per heavy atom. The van der Waals surface area contributed by atoms with Crippen LogP contribution in [0.2, 0.25) is 0 Å². The van der Waals surface area contributed by atoms with Crippen LogP contribution < -0.4 is 9.64 Å². The molecule has 2 aromatic heterocycles. The van der Waals surface area contributed by atoms with Gasteiger partial charge in [-0.1, -0.05) is 39.9 Å². The van der Waals surface area contributed by atoms with Gasteiger partial charge in [0, 0.05) is 40.5 Å². The molecule has 0 N–H and O–H groups in total. The molecule has 2 fully saturated rings. The van der Waals surface area contributed by atoms with Gasteiger partial charge in [0.25, 0.3) is 0 Å². The molecule has 45 heavy (non-hydrogen) atoms. The van der Waals surface area contributed by atoms with Crippen LogP contribution in [0.15, 0.2) is 52.4 Å². The Labute approximate surface area is 273 Å². The molecule has 1 saturated carbocycles. The van der Waals surface area contributed by atoms with E-state index in [-0.39, 0.29) is 51.3 Å². The molecule has 0 bridgehead atoms. The highest BCUT2D eigenvalue weighted by Gasteiger charge is 2.38. The van der Waals surface area contributed by atoms with E-state index < -0.39 is 18.1 Å². The minimum Gasteiger partial charge on any atom is -0.465 e. The van der Waals surface area contributed by atoms with Gasteiger partial charge in [-0.25, -0.2) is 14.2 Å². The first-order chi connectivity index (χ1) is 21.5. The van der Waals surface area contributed by atoms with Crippen LogP contribution >= 0.6 is 33.9 Å². The summed E-state index contributed by atoms with van der Waals surface area (Å²) >= 11 is 3.76. The van der Waals surface area contributed by atoms with Crippen molar-refractivity contribution in [2.45, 2.75) is 67.7 Å². The van der Waals surface area contributed by atoms with Crippen LogP contribution in [0, 0.1) is 5.82 Å². The standard InChI is InChI=1S/C31H28F4IN3O5S/c1-16-11-19(13-26(36)39(16)30-37-24(15-45-30)20-10-9-18(12-23(20)32)29(40)41-2)42-14-22-27(38-44-28(22)17-7-8-17)21-5-3-4-6-25(21)43-31(33,34)35/h3-6,9-10,12,15-17,19,26H,7-8,11,13-14H2,1-2H3/t16-,19+,26-/m1/s1. The number of carbonyl (C=O) groups is 1. The Kier molecular flexibility index (Phi) is 9.07. The van der Waals surface area contributed by atoms with Crippen molar-refractivity contribution in [2.24, 2.45) is 0 Å². The molecular formula is C31H28F4IN3O5S. The average molecular weight is 758 g/mol. The second kappa shape index (κ2) is 12.9. The first-order valence-electron chi connectivity index (χ1n) is 14.2. The van der Waals surface area contributed by atoms with Crippen molar-refractivity contribution in [3.63, 3.8) is 0 Å². The molecule has 0 unspecified atom stereocenters. The largest absolute Gasteiger partial charge is 0.573 e. The van der Waals surface area contributed by atoms with Gasteiger partial charge in [-0.05, 0) is 56.5 Å². The van der Waals surface area contributed by atoms with Crippen molar-refractivity contribution in [3.05, 3.63) is 70.5 Å². The maximum absolute atomic E-state index is 14.9. The minimum atomic E-state index is -4.85. The molecule has 1 aliphatic heterocycles. The number of aromatic nitrogens is 2. The lowest BCUT2D eigenvalue weighted by Crippen LogP contribution is -2.47. The summed E-state index contributed by atoms with van der Waals surface area (Å²) in [5.74, 6) is -0.717. The van der Waals surface area contributed by atoms with E-state index in [4.69, 9.17) is 14.2 Å². The number of anilines is 1. The second-order valence-corrected chi connectivity index (χ2v) is 13.3. The van der Waals surface area contributed by atoms with E-state index in [1.54, 1.807) is 11.4 Å². The number of halogens is 5. The van der Waals surface area contributed by atoms with Gasteiger partial charge in [-0.3, -0.25) is 0 Å². The molecule has 1 aliphatic carbocycles. The number of esters is 1. The lowest BCUT2D eigenvalue weighted by molar-refractivity contribution is -0.274. The maximum Gasteiger partial charge on any atom is 0.573 e. The average Bonchev–Trinajstić information content (AvgIpc) is 3.57. The van der Waals surface area contributed by atoms with E-state index in [1.165, 1.54) is 48.8 Å². The van der Waals surface area contributed by atoms with Gasteiger partial charge in [0.15, 0.2) is 5.13 Å². The van der Waals surface area contributed by atoms with Crippen LogP contribution in [-0.4, -0.2) is 45.8 Å². The van der Waals surface area contributed by atoms with Crippen LogP contribution in [0.5, 0.6) is 5.75 Å². The molecule has 0 amide bonds. The summed E-state index contributed by atoms with van der Waals surface area (Å²) in [4.78, 5) is 18.7. The minimum absolute atomic E-state index is 0.00709. The summed E-state index contributed by atoms with van der Waals surface area (Å²) in [7, 11) is 1.24. The van der Waals surface area contributed by atoms with Crippen molar-refractivity contribution in [1.82, 2.24) is 10.1 Å². The number of rotatable bonds is 9. The van der Waals surface area contributed by atoms with Crippen molar-refractivity contribution in [1.29, 1.82) is 0 Å². The monoisotopic (exact) mass is 757 g/mol. The van der Waals surface area contributed by atoms with Gasteiger partial charge < -0.3 is 23.6 Å². The molecule has 2 aromatic carbocycles. The number of hydrogen-bond acceptors (Lipinski definition) is 9. The molecule has 1 saturated heterocycles. The van der Waals surface area contributed by atoms with Crippen molar-refractivity contribution >= 4 is 45.0 Å². The van der Waals surface area contributed by atoms with Crippen LogP contribution in [0.1, 0.15) is 60.2 Å². The number of methoxy groups -OCH3 is 1. The highest BCUT2D eigenvalue weighted by atomic mass is 127. The van der Waals surface area contributed by atoms with Gasteiger partial charge in [-0.15, -0.1) is 24.5 Å². The van der Waals surface area contributed by atoms with Gasteiger partial charge in [-0.2, -0.15) is 0 Å². The normalized spacial score (nSPS) is 20.3. The van der Waals surface area contributed by atoms with E-state index in [0.29, 0.717) is 35.4 Å². The highest BCUT2D eigenvalue weighted by Crippen LogP contribution is 2.46. The third-order valence-electron chi connectivity index (χ3n) is 7.82. The molecular weight excluding hydrogens is 729 g/mol. The summed E-state index contributed by atoms with van der Waals surface area (Å²) in [6.45, 7) is 2.20. The first kappa shape index (κ1) is 31.7. The summed E-state index contributed by atoms with van der Waals surface area (Å²) in [5.41, 5.74) is 2.00. The number of alkyl halides is 4. The Bertz CT molecular complexity index is 1680. The summed E-state index contributed by atoms with van der Waals surface area (Å²) in [6, 6.07) is 10.1. The molecule has 8 nitrogen and oxygen atoms in total. The molecule has 0 radical (unpaired) electrons. The first-order valence-corrected chi connectivity index (χ1v) is 16.4. The Balaban J connectivity index is 1.16. The molecule has 0 spiro atoms. The quantitative estimate of drug-likeness (QED) is 0.0553. The number of nitrogens with zero attached hydrogens (tertiary/aromatic N) is 3. The highest BCUT2D eigenvalue weighted by molar-refractivity contribution is 14.1. The molecule has 6 rings (SSSR count). The predicted octanol–water partition coefficient (Wildman–Crippen LogP) is 8.50. The zero-order valence-corrected chi connectivity index (χ0v) is 27.1. The van der Waals surface area contributed by atoms with Crippen LogP contribution in [-0.2, 0) is 16.1 Å².